The van der Waals surface area contributed by atoms with Crippen molar-refractivity contribution in [3.05, 3.63) is 59.7 Å². The van der Waals surface area contributed by atoms with Crippen LogP contribution >= 0.6 is 0 Å². The van der Waals surface area contributed by atoms with Gasteiger partial charge in [-0.1, -0.05) is 31.2 Å². The van der Waals surface area contributed by atoms with Gasteiger partial charge in [-0.3, -0.25) is 19.3 Å². The maximum Gasteiger partial charge on any atom is 0.251 e. The molecule has 0 spiro atoms. The van der Waals surface area contributed by atoms with E-state index in [0.717, 1.165) is 17.7 Å². The van der Waals surface area contributed by atoms with Crippen molar-refractivity contribution < 1.29 is 14.4 Å². The van der Waals surface area contributed by atoms with Gasteiger partial charge in [-0.15, -0.1) is 0 Å². The topological polar surface area (TPSA) is 90.5 Å². The molecule has 3 N–H and O–H groups in total. The quantitative estimate of drug-likeness (QED) is 0.608. The zero-order valence-corrected chi connectivity index (χ0v) is 17.1. The molecule has 0 fully saturated rings. The fourth-order valence-electron chi connectivity index (χ4n) is 2.92. The molecule has 0 heterocycles. The summed E-state index contributed by atoms with van der Waals surface area (Å²) in [6, 6.07) is 14.3. The highest BCUT2D eigenvalue weighted by molar-refractivity contribution is 5.98. The summed E-state index contributed by atoms with van der Waals surface area (Å²) >= 11 is 0. The van der Waals surface area contributed by atoms with Crippen LogP contribution in [0, 0.1) is 6.92 Å². The average molecular weight is 396 g/mol. The van der Waals surface area contributed by atoms with Crippen molar-refractivity contribution in [1.82, 2.24) is 10.2 Å². The van der Waals surface area contributed by atoms with E-state index in [9.17, 15) is 14.4 Å². The van der Waals surface area contributed by atoms with Crippen LogP contribution in [0.2, 0.25) is 0 Å². The minimum Gasteiger partial charge on any atom is -0.355 e. The molecule has 0 aliphatic carbocycles. The number of hydrogen-bond donors (Lipinski definition) is 3. The van der Waals surface area contributed by atoms with Gasteiger partial charge in [0.1, 0.15) is 0 Å². The highest BCUT2D eigenvalue weighted by Crippen LogP contribution is 2.13. The van der Waals surface area contributed by atoms with Gasteiger partial charge in [0.2, 0.25) is 11.8 Å². The number of carbonyl (C=O) groups excluding carboxylic acids is 3. The highest BCUT2D eigenvalue weighted by Gasteiger charge is 2.15. The molecule has 3 amide bonds. The highest BCUT2D eigenvalue weighted by atomic mass is 16.2. The van der Waals surface area contributed by atoms with Gasteiger partial charge in [-0.2, -0.15) is 0 Å². The molecule has 2 rings (SSSR count). The number of hydrogen-bond acceptors (Lipinski definition) is 4. The minimum absolute atomic E-state index is 0.0826. The largest absolute Gasteiger partial charge is 0.355 e. The second-order valence-electron chi connectivity index (χ2n) is 6.78. The number of nitrogens with zero attached hydrogens (tertiary/aromatic N) is 1. The van der Waals surface area contributed by atoms with Crippen molar-refractivity contribution in [2.24, 2.45) is 0 Å². The summed E-state index contributed by atoms with van der Waals surface area (Å²) in [4.78, 5) is 38.4. The Labute approximate surface area is 171 Å². The molecule has 0 atom stereocenters. The average Bonchev–Trinajstić information content (AvgIpc) is 2.69. The maximum absolute atomic E-state index is 12.5. The fraction of sp³-hybridized carbons (Fsp3) is 0.318. The van der Waals surface area contributed by atoms with Crippen LogP contribution in [0.5, 0.6) is 0 Å². The SMILES string of the molecule is CCCN(CC(=O)Nc1cccc(C(=O)NC)c1)CC(=O)Nc1ccccc1C. The predicted molar refractivity (Wildman–Crippen MR) is 115 cm³/mol. The van der Waals surface area contributed by atoms with Crippen molar-refractivity contribution >= 4 is 29.1 Å². The zero-order valence-electron chi connectivity index (χ0n) is 17.1. The lowest BCUT2D eigenvalue weighted by molar-refractivity contribution is -0.120. The Morgan fingerprint density at radius 3 is 2.28 bits per heavy atom. The summed E-state index contributed by atoms with van der Waals surface area (Å²) in [5.41, 5.74) is 2.76. The zero-order chi connectivity index (χ0) is 21.2. The van der Waals surface area contributed by atoms with Crippen LogP contribution in [0.25, 0.3) is 0 Å². The van der Waals surface area contributed by atoms with Crippen molar-refractivity contribution in [1.29, 1.82) is 0 Å². The first-order valence-corrected chi connectivity index (χ1v) is 9.62. The predicted octanol–water partition coefficient (Wildman–Crippen LogP) is 2.64. The van der Waals surface area contributed by atoms with Gasteiger partial charge in [0.05, 0.1) is 13.1 Å². The number of carbonyl (C=O) groups is 3. The fourth-order valence-corrected chi connectivity index (χ4v) is 2.92. The second kappa shape index (κ2) is 11.0. The Morgan fingerprint density at radius 2 is 1.62 bits per heavy atom. The first-order valence-electron chi connectivity index (χ1n) is 9.62. The van der Waals surface area contributed by atoms with E-state index in [1.54, 1.807) is 36.2 Å². The van der Waals surface area contributed by atoms with Gasteiger partial charge in [0.25, 0.3) is 5.91 Å². The summed E-state index contributed by atoms with van der Waals surface area (Å²) in [6.07, 6.45) is 0.817. The monoisotopic (exact) mass is 396 g/mol. The molecule has 0 unspecified atom stereocenters. The van der Waals surface area contributed by atoms with Crippen LogP contribution in [-0.4, -0.2) is 49.3 Å². The third-order valence-corrected chi connectivity index (χ3v) is 4.33. The van der Waals surface area contributed by atoms with Crippen molar-refractivity contribution in [2.75, 3.05) is 37.3 Å². The molecular formula is C22H28N4O3. The molecule has 2 aromatic rings. The molecule has 0 saturated carbocycles. The van der Waals surface area contributed by atoms with Gasteiger partial charge >= 0.3 is 0 Å². The second-order valence-corrected chi connectivity index (χ2v) is 6.78. The van der Waals surface area contributed by atoms with Gasteiger partial charge in [-0.05, 0) is 49.7 Å². The van der Waals surface area contributed by atoms with Gasteiger partial charge < -0.3 is 16.0 Å². The van der Waals surface area contributed by atoms with Crippen LogP contribution in [0.15, 0.2) is 48.5 Å². The van der Waals surface area contributed by atoms with Crippen LogP contribution in [0.3, 0.4) is 0 Å². The number of benzene rings is 2. The first kappa shape index (κ1) is 22.1. The number of para-hydroxylation sites is 1. The number of anilines is 2. The molecule has 0 bridgehead atoms. The molecule has 0 radical (unpaired) electrons. The lowest BCUT2D eigenvalue weighted by Gasteiger charge is -2.21. The summed E-state index contributed by atoms with van der Waals surface area (Å²) in [6.45, 7) is 4.75. The number of amides is 3. The van der Waals surface area contributed by atoms with Crippen LogP contribution in [-0.2, 0) is 9.59 Å². The van der Waals surface area contributed by atoms with Crippen molar-refractivity contribution in [3.63, 3.8) is 0 Å². The van der Waals surface area contributed by atoms with Crippen molar-refractivity contribution in [2.45, 2.75) is 20.3 Å². The third kappa shape index (κ3) is 7.04. The Hall–Kier alpha value is -3.19. The summed E-state index contributed by atoms with van der Waals surface area (Å²) in [5, 5.41) is 8.23. The number of aryl methyl sites for hydroxylation is 1. The van der Waals surface area contributed by atoms with E-state index in [1.165, 1.54) is 0 Å². The summed E-state index contributed by atoms with van der Waals surface area (Å²) in [5.74, 6) is -0.625. The molecule has 29 heavy (non-hydrogen) atoms. The molecule has 154 valence electrons. The number of nitrogens with one attached hydrogen (secondary N) is 3. The third-order valence-electron chi connectivity index (χ3n) is 4.33. The van der Waals surface area contributed by atoms with E-state index >= 15 is 0 Å². The molecule has 0 saturated heterocycles. The summed E-state index contributed by atoms with van der Waals surface area (Å²) in [7, 11) is 1.55. The maximum atomic E-state index is 12.5. The normalized spacial score (nSPS) is 10.5. The molecule has 0 aliphatic heterocycles. The Balaban J connectivity index is 1.95. The molecule has 7 nitrogen and oxygen atoms in total. The van der Waals surface area contributed by atoms with E-state index < -0.39 is 0 Å². The van der Waals surface area contributed by atoms with Crippen molar-refractivity contribution in [3.8, 4) is 0 Å². The summed E-state index contributed by atoms with van der Waals surface area (Å²) < 4.78 is 0. The van der Waals surface area contributed by atoms with Crippen LogP contribution < -0.4 is 16.0 Å². The lowest BCUT2D eigenvalue weighted by Crippen LogP contribution is -2.39. The van der Waals surface area contributed by atoms with Crippen LogP contribution in [0.4, 0.5) is 11.4 Å². The van der Waals surface area contributed by atoms with Gasteiger partial charge in [0, 0.05) is 24.0 Å². The first-order chi connectivity index (χ1) is 13.9. The molecule has 2 aromatic carbocycles. The molecule has 0 aliphatic rings. The van der Waals surface area contributed by atoms with E-state index in [1.807, 2.05) is 38.1 Å². The van der Waals surface area contributed by atoms with Gasteiger partial charge in [0.15, 0.2) is 0 Å². The molecule has 7 heteroatoms. The minimum atomic E-state index is -0.240. The van der Waals surface area contributed by atoms with Gasteiger partial charge in [-0.25, -0.2) is 0 Å². The molecular weight excluding hydrogens is 368 g/mol. The number of rotatable bonds is 9. The van der Waals surface area contributed by atoms with E-state index in [4.69, 9.17) is 0 Å². The van der Waals surface area contributed by atoms with E-state index in [-0.39, 0.29) is 30.8 Å². The van der Waals surface area contributed by atoms with Crippen LogP contribution in [0.1, 0.15) is 29.3 Å². The Morgan fingerprint density at radius 1 is 0.931 bits per heavy atom. The van der Waals surface area contributed by atoms with E-state index in [0.29, 0.717) is 17.8 Å². The smallest absolute Gasteiger partial charge is 0.251 e. The Bertz CT molecular complexity index is 867. The lowest BCUT2D eigenvalue weighted by atomic mass is 10.2. The Kier molecular flexibility index (Phi) is 8.36. The standard InChI is InChI=1S/C22H28N4O3/c1-4-12-26(15-21(28)25-19-11-6-5-8-16(19)2)14-20(27)24-18-10-7-9-17(13-18)22(29)23-3/h5-11,13H,4,12,14-15H2,1-3H3,(H,23,29)(H,24,27)(H,25,28). The van der Waals surface area contributed by atoms with E-state index in [2.05, 4.69) is 16.0 Å². The molecule has 0 aromatic heterocycles.